The first-order valence-electron chi connectivity index (χ1n) is 12.0. The Kier molecular flexibility index (Phi) is 5.80. The van der Waals surface area contributed by atoms with Crippen LogP contribution < -0.4 is 0 Å². The normalized spacial score (nSPS) is 45.3. The molecule has 0 aromatic carbocycles. The van der Waals surface area contributed by atoms with E-state index in [1.807, 2.05) is 6.92 Å². The highest BCUT2D eigenvalue weighted by Gasteiger charge is 2.69. The molecule has 8 atom stereocenters. The molecular weight excluding hydrogens is 412 g/mol. The molecule has 0 spiro atoms. The quantitative estimate of drug-likeness (QED) is 0.659. The lowest BCUT2D eigenvalue weighted by Crippen LogP contribution is -2.62. The van der Waals surface area contributed by atoms with Crippen LogP contribution >= 0.6 is 0 Å². The smallest absolute Gasteiger partial charge is 0.303 e. The molecule has 4 fully saturated rings. The van der Waals surface area contributed by atoms with Crippen molar-refractivity contribution >= 4 is 23.5 Å². The Morgan fingerprint density at radius 3 is 2.41 bits per heavy atom. The first-order chi connectivity index (χ1) is 14.9. The van der Waals surface area contributed by atoms with Crippen molar-refractivity contribution in [1.82, 2.24) is 0 Å². The SMILES string of the molecule is CC(=O)OCC(=O)[C@]1(O)CC[C@H]2[C@@H]3CC[C@@H]4C[C@H](OC(C)=O)CC[C@]4(C)[C@H]3C(=O)C[C@@]21C. The number of hydrogen-bond donors (Lipinski definition) is 1. The number of esters is 2. The average Bonchev–Trinajstić information content (AvgIpc) is 2.97. The molecule has 178 valence electrons. The summed E-state index contributed by atoms with van der Waals surface area (Å²) < 4.78 is 10.4. The van der Waals surface area contributed by atoms with Gasteiger partial charge in [0, 0.05) is 31.6 Å². The fourth-order valence-electron chi connectivity index (χ4n) is 8.12. The summed E-state index contributed by atoms with van der Waals surface area (Å²) in [5.74, 6) is -0.677. The van der Waals surface area contributed by atoms with E-state index in [9.17, 15) is 24.3 Å². The maximum absolute atomic E-state index is 13.7. The van der Waals surface area contributed by atoms with Gasteiger partial charge in [-0.25, -0.2) is 0 Å². The van der Waals surface area contributed by atoms with Crippen LogP contribution in [0.1, 0.15) is 79.1 Å². The standard InChI is InChI=1S/C25H36O7/c1-14(26)31-13-21(29)25(30)10-8-19-18-6-5-16-11-17(32-15(2)27)7-9-23(16,3)22(18)20(28)12-24(19,25)4/h16-19,22,30H,5-13H2,1-4H3/t16-,17-,18+,19+,22-,23+,24+,25-/m1/s1. The fraction of sp³-hybridized carbons (Fsp3) is 0.840. The number of fused-ring (bicyclic) bond motifs is 5. The molecule has 0 aromatic rings. The number of aliphatic hydroxyl groups is 1. The number of carbonyl (C=O) groups is 4. The number of rotatable bonds is 4. The van der Waals surface area contributed by atoms with E-state index in [1.165, 1.54) is 13.8 Å². The highest BCUT2D eigenvalue weighted by atomic mass is 16.5. The van der Waals surface area contributed by atoms with Gasteiger partial charge in [0.05, 0.1) is 0 Å². The van der Waals surface area contributed by atoms with E-state index in [4.69, 9.17) is 9.47 Å². The Balaban J connectivity index is 1.57. The van der Waals surface area contributed by atoms with Crippen molar-refractivity contribution in [2.45, 2.75) is 90.8 Å². The zero-order chi connectivity index (χ0) is 23.5. The lowest BCUT2D eigenvalue weighted by molar-refractivity contribution is -0.183. The monoisotopic (exact) mass is 448 g/mol. The van der Waals surface area contributed by atoms with Crippen molar-refractivity contribution in [3.8, 4) is 0 Å². The van der Waals surface area contributed by atoms with Crippen LogP contribution in [0.3, 0.4) is 0 Å². The molecule has 4 rings (SSSR count). The summed E-state index contributed by atoms with van der Waals surface area (Å²) in [6.45, 7) is 6.34. The molecule has 4 aliphatic carbocycles. The zero-order valence-electron chi connectivity index (χ0n) is 19.6. The number of Topliss-reactive ketones (excluding diaryl/α,β-unsaturated/α-hetero) is 2. The van der Waals surface area contributed by atoms with Crippen LogP contribution in [0, 0.1) is 34.5 Å². The lowest BCUT2D eigenvalue weighted by Gasteiger charge is -2.60. The number of ketones is 2. The molecule has 0 amide bonds. The molecule has 0 aromatic heterocycles. The van der Waals surface area contributed by atoms with E-state index in [-0.39, 0.29) is 47.4 Å². The Hall–Kier alpha value is -1.76. The van der Waals surface area contributed by atoms with Crippen LogP contribution in [0.5, 0.6) is 0 Å². The maximum atomic E-state index is 13.7. The topological polar surface area (TPSA) is 107 Å². The molecule has 0 heterocycles. The highest BCUT2D eigenvalue weighted by molar-refractivity contribution is 5.93. The summed E-state index contributed by atoms with van der Waals surface area (Å²) in [5.41, 5.74) is -2.61. The lowest BCUT2D eigenvalue weighted by atomic mass is 9.44. The number of carbonyl (C=O) groups excluding carboxylic acids is 4. The Bertz CT molecular complexity index is 836. The maximum Gasteiger partial charge on any atom is 0.303 e. The van der Waals surface area contributed by atoms with Gasteiger partial charge in [-0.15, -0.1) is 0 Å². The van der Waals surface area contributed by atoms with Crippen molar-refractivity contribution in [2.24, 2.45) is 34.5 Å². The largest absolute Gasteiger partial charge is 0.463 e. The van der Waals surface area contributed by atoms with E-state index >= 15 is 0 Å². The Morgan fingerprint density at radius 1 is 1.03 bits per heavy atom. The highest BCUT2D eigenvalue weighted by Crippen LogP contribution is 2.67. The summed E-state index contributed by atoms with van der Waals surface area (Å²) in [6.07, 6.45) is 5.39. The van der Waals surface area contributed by atoms with Gasteiger partial charge in [0.25, 0.3) is 0 Å². The van der Waals surface area contributed by atoms with Crippen molar-refractivity contribution < 1.29 is 33.8 Å². The molecule has 32 heavy (non-hydrogen) atoms. The minimum atomic E-state index is -1.64. The van der Waals surface area contributed by atoms with Gasteiger partial charge in [-0.05, 0) is 68.1 Å². The van der Waals surface area contributed by atoms with Crippen LogP contribution in [0.25, 0.3) is 0 Å². The predicted molar refractivity (Wildman–Crippen MR) is 114 cm³/mol. The molecule has 0 bridgehead atoms. The van der Waals surface area contributed by atoms with Crippen molar-refractivity contribution in [2.75, 3.05) is 6.61 Å². The first kappa shape index (κ1) is 23.4. The van der Waals surface area contributed by atoms with Crippen molar-refractivity contribution in [3.63, 3.8) is 0 Å². The molecule has 4 aliphatic rings. The zero-order valence-corrected chi connectivity index (χ0v) is 19.6. The molecule has 0 unspecified atom stereocenters. The summed E-state index contributed by atoms with van der Waals surface area (Å²) in [7, 11) is 0. The Morgan fingerprint density at radius 2 is 1.75 bits per heavy atom. The molecule has 0 radical (unpaired) electrons. The second-order valence-electron chi connectivity index (χ2n) is 11.2. The van der Waals surface area contributed by atoms with Crippen molar-refractivity contribution in [1.29, 1.82) is 0 Å². The molecule has 7 nitrogen and oxygen atoms in total. The van der Waals surface area contributed by atoms with Gasteiger partial charge in [-0.1, -0.05) is 13.8 Å². The predicted octanol–water partition coefficient (Wildman–Crippen LogP) is 3.00. The molecule has 0 aliphatic heterocycles. The van der Waals surface area contributed by atoms with Crippen LogP contribution in [0.4, 0.5) is 0 Å². The Labute approximate surface area is 189 Å². The van der Waals surface area contributed by atoms with Crippen LogP contribution in [0.15, 0.2) is 0 Å². The molecule has 0 saturated heterocycles. The fourth-order valence-corrected chi connectivity index (χ4v) is 8.12. The second-order valence-corrected chi connectivity index (χ2v) is 11.2. The summed E-state index contributed by atoms with van der Waals surface area (Å²) in [4.78, 5) is 49.2. The van der Waals surface area contributed by atoms with Gasteiger partial charge < -0.3 is 14.6 Å². The minimum Gasteiger partial charge on any atom is -0.463 e. The van der Waals surface area contributed by atoms with Crippen LogP contribution in [-0.4, -0.2) is 46.9 Å². The van der Waals surface area contributed by atoms with Crippen LogP contribution in [-0.2, 0) is 28.7 Å². The van der Waals surface area contributed by atoms with E-state index in [0.29, 0.717) is 18.8 Å². The number of ether oxygens (including phenoxy) is 2. The summed E-state index contributed by atoms with van der Waals surface area (Å²) in [5, 5.41) is 11.5. The van der Waals surface area contributed by atoms with Gasteiger partial charge in [-0.2, -0.15) is 0 Å². The average molecular weight is 449 g/mol. The van der Waals surface area contributed by atoms with Gasteiger partial charge in [0.15, 0.2) is 6.61 Å². The minimum absolute atomic E-state index is 0.0680. The third-order valence-electron chi connectivity index (χ3n) is 9.66. The van der Waals surface area contributed by atoms with Crippen LogP contribution in [0.2, 0.25) is 0 Å². The van der Waals surface area contributed by atoms with Gasteiger partial charge >= 0.3 is 11.9 Å². The molecule has 1 N–H and O–H groups in total. The summed E-state index contributed by atoms with van der Waals surface area (Å²) >= 11 is 0. The molecular formula is C25H36O7. The van der Waals surface area contributed by atoms with Gasteiger partial charge in [0.2, 0.25) is 5.78 Å². The van der Waals surface area contributed by atoms with E-state index < -0.39 is 29.4 Å². The summed E-state index contributed by atoms with van der Waals surface area (Å²) in [6, 6.07) is 0. The van der Waals surface area contributed by atoms with E-state index in [2.05, 4.69) is 6.92 Å². The van der Waals surface area contributed by atoms with Gasteiger partial charge in [0.1, 0.15) is 17.5 Å². The first-order valence-corrected chi connectivity index (χ1v) is 12.0. The van der Waals surface area contributed by atoms with E-state index in [0.717, 1.165) is 32.1 Å². The molecule has 7 heteroatoms. The second kappa shape index (κ2) is 7.93. The third kappa shape index (κ3) is 3.42. The van der Waals surface area contributed by atoms with E-state index in [1.54, 1.807) is 0 Å². The molecule has 4 saturated carbocycles. The third-order valence-corrected chi connectivity index (χ3v) is 9.66. The number of hydrogen-bond acceptors (Lipinski definition) is 7. The van der Waals surface area contributed by atoms with Crippen molar-refractivity contribution in [3.05, 3.63) is 0 Å². The van der Waals surface area contributed by atoms with Gasteiger partial charge in [-0.3, -0.25) is 19.2 Å².